The number of rotatable bonds is 7. The number of imidazole rings is 2. The first kappa shape index (κ1) is 99.6. The average Bonchev–Trinajstić information content (AvgIpc) is 1.53. The maximum Gasteiger partial charge on any atom is 3.00 e. The third-order valence-electron chi connectivity index (χ3n) is 24.3. The number of hydrogen-bond donors (Lipinski definition) is 2. The number of halogens is 3. The normalized spacial score (nSPS) is 12.0. The van der Waals surface area contributed by atoms with Crippen LogP contribution in [0.1, 0.15) is 91.6 Å². The predicted molar refractivity (Wildman–Crippen MR) is 540 cm³/mol. The largest absolute Gasteiger partial charge is 3.00 e. The van der Waals surface area contributed by atoms with E-state index in [0.29, 0.717) is 11.3 Å². The van der Waals surface area contributed by atoms with Crippen molar-refractivity contribution in [3.63, 3.8) is 0 Å². The van der Waals surface area contributed by atoms with Crippen molar-refractivity contribution < 1.29 is 102 Å². The van der Waals surface area contributed by atoms with E-state index in [-0.39, 0.29) is 88.8 Å². The summed E-state index contributed by atoms with van der Waals surface area (Å²) in [5, 5.41) is 29.3. The van der Waals surface area contributed by atoms with Gasteiger partial charge in [-0.1, -0.05) is 208 Å². The number of benzene rings is 15. The molecule has 138 heavy (non-hydrogen) atoms. The van der Waals surface area contributed by atoms with Gasteiger partial charge >= 0.3 is 26.3 Å². The number of aromatic nitrogens is 7. The summed E-state index contributed by atoms with van der Waals surface area (Å²) in [4.78, 5) is 33.5. The van der Waals surface area contributed by atoms with Crippen LogP contribution in [-0.4, -0.2) is 45.7 Å². The molecule has 0 spiro atoms. The first-order chi connectivity index (χ1) is 65.3. The van der Waals surface area contributed by atoms with E-state index >= 15 is 0 Å². The molecule has 21 aromatic rings. The van der Waals surface area contributed by atoms with Gasteiger partial charge in [-0.2, -0.15) is 70.7 Å². The maximum absolute atomic E-state index is 12.5. The van der Waals surface area contributed by atoms with Gasteiger partial charge in [-0.15, -0.1) is 113 Å². The van der Waals surface area contributed by atoms with Crippen molar-refractivity contribution in [2.24, 2.45) is 0 Å². The minimum absolute atomic E-state index is 0. The number of pyridine rings is 4. The summed E-state index contributed by atoms with van der Waals surface area (Å²) < 4.78 is 47.3. The molecule has 15 aromatic carbocycles. The predicted octanol–water partition coefficient (Wildman–Crippen LogP) is 28.7. The molecule has 24 rings (SSSR count). The van der Waals surface area contributed by atoms with Gasteiger partial charge in [-0.25, -0.2) is 20.3 Å². The maximum atomic E-state index is 12.5. The molecule has 2 radical (unpaired) electrons. The molecule has 8 heterocycles. The fourth-order valence-electron chi connectivity index (χ4n) is 18.2. The van der Waals surface area contributed by atoms with Crippen molar-refractivity contribution >= 4 is 93.1 Å². The van der Waals surface area contributed by atoms with E-state index in [1.807, 2.05) is 122 Å². The fourth-order valence-corrected chi connectivity index (χ4v) is 18.2. The van der Waals surface area contributed by atoms with Crippen molar-refractivity contribution in [2.75, 3.05) is 0 Å². The van der Waals surface area contributed by atoms with Gasteiger partial charge in [0.2, 0.25) is 0 Å². The SMILES string of the molecule is CC(=O)C=C(C)O.CC(=O)C=C(C)O.CC1(C)c2ccc[c-]c2-c2nccc3cccc1c23.Cc1c[c-]c(-c2[c-]cccc2)cc1.Cc1ccc2c(c1)c1cccc3c1c1n2c(-c2c(C)cccc2C)c[n+]1C3.FC(F)(F)c1c[c-]c(-c2ccc3ccccc3n2)cc1.[Ir+3].[Ir].[Ir].[c-]1ccccc1-c1nccc2ccccc12.c1ccc2c(c1)C[n+]1c-2n(-c2cccc3ccccc23)c2ccccc21. The Bertz CT molecular complexity index is 8040. The van der Waals surface area contributed by atoms with Crippen LogP contribution in [0.15, 0.2) is 382 Å². The molecule has 0 saturated carbocycles. The number of aryl methyl sites for hydroxylation is 4. The zero-order valence-electron chi connectivity index (χ0n) is 77.6. The molecule has 0 amide bonds. The Labute approximate surface area is 842 Å². The van der Waals surface area contributed by atoms with Gasteiger partial charge in [-0.3, -0.25) is 14.6 Å². The summed E-state index contributed by atoms with van der Waals surface area (Å²) in [6.07, 6.45) is 4.08. The van der Waals surface area contributed by atoms with Crippen molar-refractivity contribution in [2.45, 2.75) is 93.9 Å². The quantitative estimate of drug-likeness (QED) is 0.0534. The zero-order chi connectivity index (χ0) is 94.2. The Morgan fingerprint density at radius 3 is 1.71 bits per heavy atom. The van der Waals surface area contributed by atoms with Crippen LogP contribution in [0.5, 0.6) is 0 Å². The molecule has 0 saturated heterocycles. The summed E-state index contributed by atoms with van der Waals surface area (Å²) in [7, 11) is 0. The Hall–Kier alpha value is -14.4. The van der Waals surface area contributed by atoms with Crippen LogP contribution in [-0.2, 0) is 94.6 Å². The smallest absolute Gasteiger partial charge is 0.512 e. The second-order valence-electron chi connectivity index (χ2n) is 34.3. The molecule has 0 atom stereocenters. The van der Waals surface area contributed by atoms with Crippen molar-refractivity contribution in [1.82, 2.24) is 23.9 Å². The first-order valence-corrected chi connectivity index (χ1v) is 44.8. The van der Waals surface area contributed by atoms with Gasteiger partial charge in [0.05, 0.1) is 28.0 Å². The zero-order valence-corrected chi connectivity index (χ0v) is 84.8. The molecule has 1 aliphatic carbocycles. The number of fused-ring (bicyclic) bond motifs is 13. The number of carbonyl (C=O) groups excluding carboxylic acids is 2. The number of carbonyl (C=O) groups is 2. The van der Waals surface area contributed by atoms with Crippen molar-refractivity contribution in [1.29, 1.82) is 0 Å². The van der Waals surface area contributed by atoms with Gasteiger partial charge in [-0.05, 0) is 180 Å². The molecule has 2 N–H and O–H groups in total. The fraction of sp³-hybridized carbons (Fsp3) is 0.116. The second kappa shape index (κ2) is 43.8. The van der Waals surface area contributed by atoms with Crippen LogP contribution in [0.3, 0.4) is 0 Å². The van der Waals surface area contributed by atoms with E-state index in [0.717, 1.165) is 69.8 Å². The molecule has 3 aliphatic rings. The Balaban J connectivity index is 0.000000130. The van der Waals surface area contributed by atoms with Crippen LogP contribution in [0.25, 0.3) is 155 Å². The molecular formula is C121H97F3Ir3N7O4. The molecule has 0 unspecified atom stereocenters. The third kappa shape index (κ3) is 21.4. The third-order valence-corrected chi connectivity index (χ3v) is 24.3. The second-order valence-corrected chi connectivity index (χ2v) is 34.3. The molecule has 6 aromatic heterocycles. The number of ketones is 2. The summed E-state index contributed by atoms with van der Waals surface area (Å²) in [6.45, 7) is 20.8. The van der Waals surface area contributed by atoms with Crippen LogP contribution in [0.2, 0.25) is 0 Å². The van der Waals surface area contributed by atoms with Crippen LogP contribution < -0.4 is 9.13 Å². The van der Waals surface area contributed by atoms with Gasteiger partial charge < -0.3 is 20.2 Å². The summed E-state index contributed by atoms with van der Waals surface area (Å²) in [5.74, 6) is 1.15. The standard InChI is InChI=1S/C25H21N2.C24H17N2.C18H14N.C16H9F3N.C15H10N.C13H10.2C5H8O2.3Ir/c1-15-10-11-21-20(12-15)19-9-5-8-18-13-26-14-22(27(21)25(26)24(18)19)23-16(2)6-4-7-17(23)3;1-3-11-19-17(8-1)10-7-15-21(19)26-23-14-6-5-13-22(23)25-16-18-9-2-4-12-20(18)24(25)26;1-18(2)14-8-4-3-7-13(14)17-16-12(10-11-19-17)6-5-9-15(16)18;17-16(18,19)13-8-5-12(6-9-13)15-10-7-11-3-1-2-4-14(11)20-15;1-2-7-13(8-3-1)15-14-9-5-4-6-12(14)10-11-16-15;1-11-7-9-13(10-8-11)12-5-3-2-4-6-12;2*1-4(6)3-5(2)7;;;/h4-12,14H,13H2,1-3H3;1-15H,16H2;3-6,8-11H,1-2H3;1-5,7-10H;1-7,9-11H;2-5,7-9H,1H3;2*3,6H,1-2H3;;;/q2*+1;3*-1;-2;;;;;+3. The summed E-state index contributed by atoms with van der Waals surface area (Å²) >= 11 is 0. The molecule has 2 aliphatic heterocycles. The van der Waals surface area contributed by atoms with E-state index < -0.39 is 11.7 Å². The van der Waals surface area contributed by atoms with Crippen LogP contribution >= 0.6 is 0 Å². The number of aliphatic hydroxyl groups is 2. The van der Waals surface area contributed by atoms with Gasteiger partial charge in [0.1, 0.15) is 30.5 Å². The topological polar surface area (TPSA) is 130 Å². The van der Waals surface area contributed by atoms with Crippen LogP contribution in [0.4, 0.5) is 13.2 Å². The summed E-state index contributed by atoms with van der Waals surface area (Å²) in [6, 6.07) is 130. The minimum atomic E-state index is -4.34. The number of para-hydroxylation sites is 3. The van der Waals surface area contributed by atoms with E-state index in [4.69, 9.17) is 10.2 Å². The number of hydrogen-bond acceptors (Lipinski definition) is 7. The summed E-state index contributed by atoms with van der Waals surface area (Å²) in [5.41, 5.74) is 28.8. The molecule has 11 nitrogen and oxygen atoms in total. The van der Waals surface area contributed by atoms with Gasteiger partial charge in [0, 0.05) is 97.6 Å². The van der Waals surface area contributed by atoms with Crippen LogP contribution in [0, 0.1) is 58.0 Å². The molecule has 0 fully saturated rings. The average molecular weight is 2350 g/mol. The molecule has 17 heteroatoms. The number of nitrogens with zero attached hydrogens (tertiary/aromatic N) is 7. The number of alkyl halides is 3. The molecular weight excluding hydrogens is 2250 g/mol. The first-order valence-electron chi connectivity index (χ1n) is 44.8. The Kier molecular flexibility index (Phi) is 31.6. The van der Waals surface area contributed by atoms with Crippen molar-refractivity contribution in [3.8, 4) is 73.2 Å². The molecule has 688 valence electrons. The van der Waals surface area contributed by atoms with E-state index in [9.17, 15) is 22.8 Å². The minimum Gasteiger partial charge on any atom is -0.512 e. The Morgan fingerprint density at radius 1 is 0.464 bits per heavy atom. The number of aliphatic hydroxyl groups excluding tert-OH is 2. The molecule has 0 bridgehead atoms. The van der Waals surface area contributed by atoms with E-state index in [1.165, 1.54) is 189 Å². The monoisotopic (exact) mass is 2350 g/mol. The number of allylic oxidation sites excluding steroid dienone is 4. The van der Waals surface area contributed by atoms with Gasteiger partial charge in [0.25, 0.3) is 11.5 Å². The van der Waals surface area contributed by atoms with Gasteiger partial charge in [0.15, 0.2) is 28.3 Å². The Morgan fingerprint density at radius 2 is 1.03 bits per heavy atom. The van der Waals surface area contributed by atoms with Crippen molar-refractivity contribution in [3.05, 3.63) is 462 Å². The van der Waals surface area contributed by atoms with E-state index in [1.54, 1.807) is 6.07 Å². The van der Waals surface area contributed by atoms with E-state index in [2.05, 4.69) is 317 Å².